The molecule has 3 unspecified atom stereocenters. The lowest BCUT2D eigenvalue weighted by Gasteiger charge is -2.29. The number of nitrogens with zero attached hydrogens (tertiary/aromatic N) is 1. The molecule has 2 N–H and O–H groups in total. The molecule has 0 aliphatic heterocycles. The Morgan fingerprint density at radius 1 is 0.538 bits per heavy atom. The van der Waals surface area contributed by atoms with Crippen LogP contribution in [-0.4, -0.2) is 68.5 Å². The summed E-state index contributed by atoms with van der Waals surface area (Å²) in [4.78, 5) is 25.4. The molecule has 0 fully saturated rings. The van der Waals surface area contributed by atoms with E-state index in [0.29, 0.717) is 17.4 Å². The van der Waals surface area contributed by atoms with Crippen molar-refractivity contribution in [2.24, 2.45) is 0 Å². The fourth-order valence-corrected chi connectivity index (χ4v) is 8.65. The summed E-state index contributed by atoms with van der Waals surface area (Å²) in [6, 6.07) is -0.906. The number of rotatable bonds is 50. The maximum absolute atomic E-state index is 12.9. The van der Waals surface area contributed by atoms with Gasteiger partial charge in [-0.15, -0.1) is 0 Å². The first-order chi connectivity index (χ1) is 31.5. The summed E-state index contributed by atoms with van der Waals surface area (Å²) in [5, 5.41) is 13.9. The summed E-state index contributed by atoms with van der Waals surface area (Å²) in [6.07, 6.45) is 61.8. The fraction of sp³-hybridized carbons (Fsp3) is 0.839. The molecule has 382 valence electrons. The third-order valence-electron chi connectivity index (χ3n) is 12.3. The number of hydrogen-bond acceptors (Lipinski definition) is 6. The maximum atomic E-state index is 12.9. The number of allylic oxidation sites excluding steroid dienone is 7. The zero-order chi connectivity index (χ0) is 47.8. The van der Waals surface area contributed by atoms with Crippen molar-refractivity contribution in [2.75, 3.05) is 40.9 Å². The Labute approximate surface area is 403 Å². The summed E-state index contributed by atoms with van der Waals surface area (Å²) in [6.45, 7) is 4.62. The van der Waals surface area contributed by atoms with Crippen LogP contribution in [-0.2, 0) is 18.4 Å². The van der Waals surface area contributed by atoms with Crippen LogP contribution in [0.5, 0.6) is 0 Å². The first kappa shape index (κ1) is 63.5. The maximum Gasteiger partial charge on any atom is 0.268 e. The Kier molecular flexibility index (Phi) is 46.4. The Bertz CT molecular complexity index is 1200. The minimum Gasteiger partial charge on any atom is -0.756 e. The van der Waals surface area contributed by atoms with Crippen LogP contribution in [0.1, 0.15) is 251 Å². The number of quaternary nitrogens is 1. The van der Waals surface area contributed by atoms with Crippen molar-refractivity contribution >= 4 is 13.7 Å². The minimum absolute atomic E-state index is 0.00773. The lowest BCUT2D eigenvalue weighted by Crippen LogP contribution is -2.45. The molecule has 9 heteroatoms. The van der Waals surface area contributed by atoms with Gasteiger partial charge < -0.3 is 28.8 Å². The number of aliphatic hydroxyl groups is 1. The van der Waals surface area contributed by atoms with E-state index in [1.165, 1.54) is 193 Å². The van der Waals surface area contributed by atoms with E-state index in [2.05, 4.69) is 55.6 Å². The number of likely N-dealkylation sites (N-methyl/N-ethyl adjacent to an activating group) is 1. The molecular formula is C56H107N2O6P. The quantitative estimate of drug-likeness (QED) is 0.0207. The summed E-state index contributed by atoms with van der Waals surface area (Å²) in [5.41, 5.74) is 0. The molecule has 1 amide bonds. The van der Waals surface area contributed by atoms with E-state index in [1.54, 1.807) is 6.08 Å². The number of aliphatic hydroxyl groups excluding tert-OH is 1. The smallest absolute Gasteiger partial charge is 0.268 e. The number of hydrogen-bond donors (Lipinski definition) is 2. The van der Waals surface area contributed by atoms with Crippen LogP contribution < -0.4 is 10.2 Å². The SMILES string of the molecule is CCCCC/C=C\C=C/CCCCCCCCCCCCC(=O)NC(COP(=O)([O-])OCC[N+](C)(C)C)C(O)/C=C/CC/C=C/CCCCCCCCCCCCCCCCCCCC. The van der Waals surface area contributed by atoms with E-state index in [1.807, 2.05) is 27.2 Å². The highest BCUT2D eigenvalue weighted by Gasteiger charge is 2.23. The molecule has 0 saturated carbocycles. The normalized spacial score (nSPS) is 14.4. The summed E-state index contributed by atoms with van der Waals surface area (Å²) >= 11 is 0. The van der Waals surface area contributed by atoms with Crippen LogP contribution in [0.3, 0.4) is 0 Å². The zero-order valence-electron chi connectivity index (χ0n) is 43.4. The Morgan fingerprint density at radius 3 is 1.37 bits per heavy atom. The van der Waals surface area contributed by atoms with Gasteiger partial charge >= 0.3 is 0 Å². The summed E-state index contributed by atoms with van der Waals surface area (Å²) < 4.78 is 23.3. The molecule has 3 atom stereocenters. The highest BCUT2D eigenvalue weighted by atomic mass is 31.2. The van der Waals surface area contributed by atoms with Crippen LogP contribution in [0.25, 0.3) is 0 Å². The van der Waals surface area contributed by atoms with Gasteiger partial charge in [-0.05, 0) is 57.8 Å². The van der Waals surface area contributed by atoms with Gasteiger partial charge in [-0.25, -0.2) is 0 Å². The Morgan fingerprint density at radius 2 is 0.908 bits per heavy atom. The van der Waals surface area contributed by atoms with Gasteiger partial charge in [0, 0.05) is 6.42 Å². The average molecular weight is 935 g/mol. The van der Waals surface area contributed by atoms with Gasteiger partial charge in [0.1, 0.15) is 13.2 Å². The standard InChI is InChI=1S/C56H107N2O6P/c1-6-8-10-12-14-16-18-20-22-24-26-27-28-29-30-32-33-35-37-39-41-43-45-47-49-55(59)54(53-64-65(61,62)63-52-51-58(3,4)5)57-56(60)50-48-46-44-42-40-38-36-34-31-25-23-21-19-17-15-13-11-9-7-2/h15,17,19,21,39,41,47,49,54-55,59H,6-14,16,18,20,22-38,40,42-46,48,50-53H2,1-5H3,(H-,57,60,61,62)/b17-15-,21-19-,41-39+,49-47+. The lowest BCUT2D eigenvalue weighted by atomic mass is 10.0. The zero-order valence-corrected chi connectivity index (χ0v) is 44.3. The van der Waals surface area contributed by atoms with E-state index < -0.39 is 26.6 Å². The van der Waals surface area contributed by atoms with Gasteiger partial charge in [0.15, 0.2) is 0 Å². The third-order valence-corrected chi connectivity index (χ3v) is 13.3. The van der Waals surface area contributed by atoms with Crippen LogP contribution in [0, 0.1) is 0 Å². The van der Waals surface area contributed by atoms with Gasteiger partial charge in [0.25, 0.3) is 7.82 Å². The van der Waals surface area contributed by atoms with Crippen molar-refractivity contribution < 1.29 is 32.9 Å². The van der Waals surface area contributed by atoms with Crippen molar-refractivity contribution in [2.45, 2.75) is 264 Å². The Hall–Kier alpha value is -1.54. The largest absolute Gasteiger partial charge is 0.756 e. The number of carbonyl (C=O) groups excluding carboxylic acids is 1. The molecule has 0 saturated heterocycles. The van der Waals surface area contributed by atoms with Crippen LogP contribution in [0.15, 0.2) is 48.6 Å². The fourth-order valence-electron chi connectivity index (χ4n) is 7.93. The van der Waals surface area contributed by atoms with Crippen molar-refractivity contribution in [1.29, 1.82) is 0 Å². The minimum atomic E-state index is -4.60. The first-order valence-corrected chi connectivity index (χ1v) is 29.0. The highest BCUT2D eigenvalue weighted by molar-refractivity contribution is 7.45. The van der Waals surface area contributed by atoms with E-state index in [4.69, 9.17) is 9.05 Å². The van der Waals surface area contributed by atoms with Gasteiger partial charge in [-0.1, -0.05) is 236 Å². The molecule has 0 radical (unpaired) electrons. The van der Waals surface area contributed by atoms with Crippen LogP contribution in [0.4, 0.5) is 0 Å². The second-order valence-electron chi connectivity index (χ2n) is 20.0. The molecule has 65 heavy (non-hydrogen) atoms. The molecular weight excluding hydrogens is 828 g/mol. The molecule has 0 bridgehead atoms. The average Bonchev–Trinajstić information content (AvgIpc) is 3.26. The second kappa shape index (κ2) is 47.5. The van der Waals surface area contributed by atoms with Crippen molar-refractivity contribution in [3.63, 3.8) is 0 Å². The van der Waals surface area contributed by atoms with E-state index in [-0.39, 0.29) is 12.5 Å². The van der Waals surface area contributed by atoms with Gasteiger partial charge in [-0.2, -0.15) is 0 Å². The molecule has 0 heterocycles. The van der Waals surface area contributed by atoms with Gasteiger partial charge in [-0.3, -0.25) is 9.36 Å². The second-order valence-corrected chi connectivity index (χ2v) is 21.4. The number of carbonyl (C=O) groups is 1. The van der Waals surface area contributed by atoms with E-state index in [9.17, 15) is 19.4 Å². The predicted octanol–water partition coefficient (Wildman–Crippen LogP) is 15.7. The molecule has 0 spiro atoms. The number of amides is 1. The number of phosphoric ester groups is 1. The number of nitrogens with one attached hydrogen (secondary N) is 1. The molecule has 0 aromatic carbocycles. The van der Waals surface area contributed by atoms with E-state index >= 15 is 0 Å². The topological polar surface area (TPSA) is 108 Å². The van der Waals surface area contributed by atoms with Crippen molar-refractivity contribution in [3.8, 4) is 0 Å². The third kappa shape index (κ3) is 50.2. The monoisotopic (exact) mass is 935 g/mol. The molecule has 8 nitrogen and oxygen atoms in total. The number of unbranched alkanes of at least 4 members (excludes halogenated alkanes) is 32. The van der Waals surface area contributed by atoms with Gasteiger partial charge in [0.2, 0.25) is 5.91 Å². The summed E-state index contributed by atoms with van der Waals surface area (Å²) in [5.74, 6) is -0.210. The molecule has 0 rings (SSSR count). The van der Waals surface area contributed by atoms with Crippen LogP contribution in [0.2, 0.25) is 0 Å². The lowest BCUT2D eigenvalue weighted by molar-refractivity contribution is -0.870. The predicted molar refractivity (Wildman–Crippen MR) is 279 cm³/mol. The molecule has 0 aromatic rings. The highest BCUT2D eigenvalue weighted by Crippen LogP contribution is 2.38. The first-order valence-electron chi connectivity index (χ1n) is 27.5. The van der Waals surface area contributed by atoms with E-state index in [0.717, 1.165) is 38.5 Å². The van der Waals surface area contributed by atoms with Crippen LogP contribution >= 0.6 is 7.82 Å². The van der Waals surface area contributed by atoms with Gasteiger partial charge in [0.05, 0.1) is 39.9 Å². The molecule has 0 aliphatic rings. The summed E-state index contributed by atoms with van der Waals surface area (Å²) in [7, 11) is 1.24. The molecule has 0 aromatic heterocycles. The molecule has 0 aliphatic carbocycles. The van der Waals surface area contributed by atoms with Crippen molar-refractivity contribution in [3.05, 3.63) is 48.6 Å². The van der Waals surface area contributed by atoms with Crippen molar-refractivity contribution in [1.82, 2.24) is 5.32 Å². The number of phosphoric acid groups is 1. The Balaban J connectivity index is 4.30.